The van der Waals surface area contributed by atoms with Crippen LogP contribution in [0.2, 0.25) is 0 Å². The van der Waals surface area contributed by atoms with Crippen LogP contribution in [-0.2, 0) is 0 Å². The number of halogens is 1. The summed E-state index contributed by atoms with van der Waals surface area (Å²) in [5.74, 6) is 0.00344. The van der Waals surface area contributed by atoms with E-state index in [4.69, 9.17) is 11.6 Å². The minimum Gasteiger partial charge on any atom is -0.389 e. The van der Waals surface area contributed by atoms with E-state index in [2.05, 4.69) is 9.97 Å². The van der Waals surface area contributed by atoms with Crippen molar-refractivity contribution in [3.05, 3.63) is 42.4 Å². The molecule has 0 aliphatic heterocycles. The molecule has 1 aromatic heterocycles. The molecule has 0 fully saturated rings. The quantitative estimate of drug-likeness (QED) is 0.726. The second-order valence-electron chi connectivity index (χ2n) is 3.75. The molecule has 0 spiro atoms. The van der Waals surface area contributed by atoms with E-state index in [9.17, 15) is 10.2 Å². The van der Waals surface area contributed by atoms with Crippen LogP contribution in [0.4, 0.5) is 0 Å². The number of aliphatic hydroxyl groups is 2. The molecule has 0 radical (unpaired) electrons. The molecule has 4 nitrogen and oxygen atoms in total. The molecule has 3 N–H and O–H groups in total. The Kier molecular flexibility index (Phi) is 3.78. The SMILES string of the molecule is OC(CCl)C(O)c1ccc(-c2cnc[nH]2)cc1. The van der Waals surface area contributed by atoms with Crippen LogP contribution >= 0.6 is 11.6 Å². The third-order valence-electron chi connectivity index (χ3n) is 2.58. The van der Waals surface area contributed by atoms with Crippen molar-refractivity contribution >= 4 is 11.6 Å². The van der Waals surface area contributed by atoms with Gasteiger partial charge in [0.1, 0.15) is 6.10 Å². The molecule has 90 valence electrons. The Morgan fingerprint density at radius 1 is 1.24 bits per heavy atom. The standard InChI is InChI=1S/C12H13ClN2O2/c13-5-11(16)12(17)9-3-1-8(2-4-9)10-6-14-7-15-10/h1-4,6-7,11-12,16-17H,5H2,(H,14,15). The maximum absolute atomic E-state index is 9.76. The third-order valence-corrected chi connectivity index (χ3v) is 2.90. The number of benzene rings is 1. The Morgan fingerprint density at radius 3 is 2.47 bits per heavy atom. The van der Waals surface area contributed by atoms with Gasteiger partial charge in [0.25, 0.3) is 0 Å². The average Bonchev–Trinajstić information content (AvgIpc) is 2.91. The summed E-state index contributed by atoms with van der Waals surface area (Å²) in [6.07, 6.45) is 1.42. The maximum atomic E-state index is 9.76. The molecule has 5 heteroatoms. The van der Waals surface area contributed by atoms with Crippen molar-refractivity contribution < 1.29 is 10.2 Å². The number of H-pyrrole nitrogens is 1. The van der Waals surface area contributed by atoms with Gasteiger partial charge in [0.2, 0.25) is 0 Å². The molecule has 2 atom stereocenters. The molecule has 0 bridgehead atoms. The van der Waals surface area contributed by atoms with Crippen LogP contribution in [0.5, 0.6) is 0 Å². The fraction of sp³-hybridized carbons (Fsp3) is 0.250. The highest BCUT2D eigenvalue weighted by molar-refractivity contribution is 6.18. The predicted molar refractivity (Wildman–Crippen MR) is 65.7 cm³/mol. The first-order chi connectivity index (χ1) is 8.22. The van der Waals surface area contributed by atoms with Crippen molar-refractivity contribution in [1.82, 2.24) is 9.97 Å². The Morgan fingerprint density at radius 2 is 1.94 bits per heavy atom. The van der Waals surface area contributed by atoms with Crippen LogP contribution in [0, 0.1) is 0 Å². The Hall–Kier alpha value is -1.36. The smallest absolute Gasteiger partial charge is 0.106 e. The molecule has 1 heterocycles. The van der Waals surface area contributed by atoms with Gasteiger partial charge in [0.15, 0.2) is 0 Å². The molecule has 0 aliphatic carbocycles. The van der Waals surface area contributed by atoms with Crippen molar-refractivity contribution in [2.75, 3.05) is 5.88 Å². The molecular weight excluding hydrogens is 240 g/mol. The van der Waals surface area contributed by atoms with Crippen molar-refractivity contribution in [3.63, 3.8) is 0 Å². The van der Waals surface area contributed by atoms with Gasteiger partial charge in [-0.05, 0) is 11.1 Å². The van der Waals surface area contributed by atoms with Gasteiger partial charge in [0.05, 0.1) is 30.2 Å². The summed E-state index contributed by atoms with van der Waals surface area (Å²) in [4.78, 5) is 6.93. The number of rotatable bonds is 4. The summed E-state index contributed by atoms with van der Waals surface area (Å²) in [5.41, 5.74) is 2.52. The summed E-state index contributed by atoms with van der Waals surface area (Å²) < 4.78 is 0. The lowest BCUT2D eigenvalue weighted by Crippen LogP contribution is -2.19. The zero-order chi connectivity index (χ0) is 12.3. The highest BCUT2D eigenvalue weighted by Crippen LogP contribution is 2.22. The maximum Gasteiger partial charge on any atom is 0.106 e. The second-order valence-corrected chi connectivity index (χ2v) is 4.06. The average molecular weight is 253 g/mol. The molecular formula is C12H13ClN2O2. The van der Waals surface area contributed by atoms with Crippen LogP contribution in [0.1, 0.15) is 11.7 Å². The van der Waals surface area contributed by atoms with E-state index in [1.807, 2.05) is 12.1 Å². The minimum atomic E-state index is -0.955. The molecule has 0 saturated carbocycles. The van der Waals surface area contributed by atoms with E-state index < -0.39 is 12.2 Å². The molecule has 0 aliphatic rings. The molecule has 17 heavy (non-hydrogen) atoms. The van der Waals surface area contributed by atoms with Gasteiger partial charge >= 0.3 is 0 Å². The van der Waals surface area contributed by atoms with Crippen LogP contribution < -0.4 is 0 Å². The lowest BCUT2D eigenvalue weighted by Gasteiger charge is -2.15. The minimum absolute atomic E-state index is 0.00344. The summed E-state index contributed by atoms with van der Waals surface area (Å²) in [6, 6.07) is 7.23. The van der Waals surface area contributed by atoms with E-state index in [0.717, 1.165) is 11.3 Å². The van der Waals surface area contributed by atoms with Crippen molar-refractivity contribution in [1.29, 1.82) is 0 Å². The second kappa shape index (κ2) is 5.31. The summed E-state index contributed by atoms with van der Waals surface area (Å²) in [7, 11) is 0. The lowest BCUT2D eigenvalue weighted by atomic mass is 10.0. The zero-order valence-electron chi connectivity index (χ0n) is 9.05. The number of imidazole rings is 1. The number of aliphatic hydroxyl groups excluding tert-OH is 2. The van der Waals surface area contributed by atoms with Gasteiger partial charge in [-0.25, -0.2) is 4.98 Å². The van der Waals surface area contributed by atoms with E-state index in [1.54, 1.807) is 24.7 Å². The topological polar surface area (TPSA) is 69.1 Å². The molecule has 2 rings (SSSR count). The first-order valence-electron chi connectivity index (χ1n) is 5.23. The van der Waals surface area contributed by atoms with Crippen LogP contribution in [0.15, 0.2) is 36.8 Å². The van der Waals surface area contributed by atoms with Gasteiger partial charge in [-0.1, -0.05) is 24.3 Å². The first kappa shape index (κ1) is 12.1. The van der Waals surface area contributed by atoms with E-state index in [0.29, 0.717) is 5.56 Å². The number of hydrogen-bond acceptors (Lipinski definition) is 3. The Labute approximate surface area is 104 Å². The number of aromatic amines is 1. The van der Waals surface area contributed by atoms with Crippen molar-refractivity contribution in [3.8, 4) is 11.3 Å². The highest BCUT2D eigenvalue weighted by Gasteiger charge is 2.17. The van der Waals surface area contributed by atoms with Gasteiger partial charge in [-0.3, -0.25) is 0 Å². The summed E-state index contributed by atoms with van der Waals surface area (Å²) in [5, 5.41) is 19.2. The molecule has 0 saturated heterocycles. The van der Waals surface area contributed by atoms with Gasteiger partial charge in [-0.2, -0.15) is 0 Å². The van der Waals surface area contributed by atoms with Crippen LogP contribution in [0.25, 0.3) is 11.3 Å². The fourth-order valence-electron chi connectivity index (χ4n) is 1.58. The number of aromatic nitrogens is 2. The van der Waals surface area contributed by atoms with Crippen molar-refractivity contribution in [2.24, 2.45) is 0 Å². The van der Waals surface area contributed by atoms with E-state index in [-0.39, 0.29) is 5.88 Å². The number of hydrogen-bond donors (Lipinski definition) is 3. The fourth-order valence-corrected chi connectivity index (χ4v) is 1.75. The Balaban J connectivity index is 2.18. The monoisotopic (exact) mass is 252 g/mol. The van der Waals surface area contributed by atoms with Gasteiger partial charge in [-0.15, -0.1) is 11.6 Å². The number of nitrogens with one attached hydrogen (secondary N) is 1. The van der Waals surface area contributed by atoms with Crippen LogP contribution in [0.3, 0.4) is 0 Å². The zero-order valence-corrected chi connectivity index (χ0v) is 9.80. The number of nitrogens with zero attached hydrogens (tertiary/aromatic N) is 1. The Bertz CT molecular complexity index is 456. The van der Waals surface area contributed by atoms with Crippen molar-refractivity contribution in [2.45, 2.75) is 12.2 Å². The van der Waals surface area contributed by atoms with E-state index >= 15 is 0 Å². The third kappa shape index (κ3) is 2.66. The highest BCUT2D eigenvalue weighted by atomic mass is 35.5. The van der Waals surface area contributed by atoms with Gasteiger partial charge < -0.3 is 15.2 Å². The summed E-state index contributed by atoms with van der Waals surface area (Å²) in [6.45, 7) is 0. The van der Waals surface area contributed by atoms with E-state index in [1.165, 1.54) is 0 Å². The molecule has 1 aromatic carbocycles. The molecule has 2 unspecified atom stereocenters. The number of alkyl halides is 1. The largest absolute Gasteiger partial charge is 0.389 e. The summed E-state index contributed by atoms with van der Waals surface area (Å²) >= 11 is 5.49. The predicted octanol–water partition coefficient (Wildman–Crippen LogP) is 1.71. The lowest BCUT2D eigenvalue weighted by molar-refractivity contribution is 0.0327. The molecule has 0 amide bonds. The van der Waals surface area contributed by atoms with Crippen LogP contribution in [-0.4, -0.2) is 32.2 Å². The first-order valence-corrected chi connectivity index (χ1v) is 5.76. The normalized spacial score (nSPS) is 14.5. The van der Waals surface area contributed by atoms with Gasteiger partial charge in [0, 0.05) is 0 Å². The molecule has 2 aromatic rings.